The molecule has 6 nitrogen and oxygen atoms in total. The monoisotopic (exact) mass is 302 g/mol. The van der Waals surface area contributed by atoms with Crippen LogP contribution < -0.4 is 29.6 Å². The molecule has 0 aliphatic heterocycles. The Morgan fingerprint density at radius 3 is 2.06 bits per heavy atom. The molecular formula is C9H11NaO6S2. The van der Waals surface area contributed by atoms with Crippen molar-refractivity contribution in [2.24, 2.45) is 0 Å². The van der Waals surface area contributed by atoms with E-state index in [1.807, 2.05) is 6.92 Å². The average Bonchev–Trinajstić information content (AvgIpc) is 2.15. The van der Waals surface area contributed by atoms with Crippen molar-refractivity contribution in [2.45, 2.75) is 11.8 Å². The Morgan fingerprint density at radius 2 is 1.61 bits per heavy atom. The molecule has 0 aromatic heterocycles. The smallest absolute Gasteiger partial charge is 0.726 e. The summed E-state index contributed by atoms with van der Waals surface area (Å²) in [5, 5.41) is 0. The van der Waals surface area contributed by atoms with Crippen LogP contribution in [0.2, 0.25) is 0 Å². The van der Waals surface area contributed by atoms with E-state index in [9.17, 15) is 21.4 Å². The molecule has 0 unspecified atom stereocenters. The SMILES string of the molecule is Cc1ccc(S(=O)(=O)CCOS(=O)(=O)[O-])cc1.[Na+]. The number of benzene rings is 1. The Balaban J connectivity index is 0.00000289. The van der Waals surface area contributed by atoms with Crippen LogP contribution in [0.3, 0.4) is 0 Å². The van der Waals surface area contributed by atoms with Gasteiger partial charge < -0.3 is 4.55 Å². The molecule has 1 aromatic rings. The Hall–Kier alpha value is 0.0400. The second-order valence-corrected chi connectivity index (χ2v) is 6.52. The van der Waals surface area contributed by atoms with Crippen LogP contribution in [-0.2, 0) is 24.4 Å². The summed E-state index contributed by atoms with van der Waals surface area (Å²) < 4.78 is 57.5. The molecule has 0 N–H and O–H groups in total. The third-order valence-corrected chi connectivity index (χ3v) is 4.11. The summed E-state index contributed by atoms with van der Waals surface area (Å²) in [5.41, 5.74) is 0.905. The fourth-order valence-corrected chi connectivity index (χ4v) is 2.59. The van der Waals surface area contributed by atoms with Crippen molar-refractivity contribution in [1.29, 1.82) is 0 Å². The minimum Gasteiger partial charge on any atom is -0.726 e. The van der Waals surface area contributed by atoms with Crippen LogP contribution >= 0.6 is 0 Å². The van der Waals surface area contributed by atoms with Crippen molar-refractivity contribution < 1.29 is 55.1 Å². The minimum absolute atomic E-state index is 0. The molecule has 1 rings (SSSR count). The molecule has 9 heteroatoms. The van der Waals surface area contributed by atoms with Crippen molar-refractivity contribution in [3.8, 4) is 0 Å². The van der Waals surface area contributed by atoms with Gasteiger partial charge in [0.05, 0.1) is 17.3 Å². The Bertz CT molecular complexity index is 576. The molecule has 18 heavy (non-hydrogen) atoms. The zero-order valence-electron chi connectivity index (χ0n) is 9.99. The van der Waals surface area contributed by atoms with Crippen LogP contribution in [0.15, 0.2) is 29.2 Å². The summed E-state index contributed by atoms with van der Waals surface area (Å²) in [4.78, 5) is 0.0648. The summed E-state index contributed by atoms with van der Waals surface area (Å²) in [6, 6.07) is 6.07. The average molecular weight is 302 g/mol. The van der Waals surface area contributed by atoms with Gasteiger partial charge >= 0.3 is 29.6 Å². The summed E-state index contributed by atoms with van der Waals surface area (Å²) in [5.74, 6) is -0.558. The van der Waals surface area contributed by atoms with Crippen LogP contribution in [0, 0.1) is 6.92 Å². The molecule has 1 aromatic carbocycles. The molecule has 0 atom stereocenters. The number of sulfone groups is 1. The summed E-state index contributed by atoms with van der Waals surface area (Å²) in [6.45, 7) is 1.13. The van der Waals surface area contributed by atoms with E-state index in [4.69, 9.17) is 0 Å². The fourth-order valence-electron chi connectivity index (χ4n) is 1.11. The van der Waals surface area contributed by atoms with Gasteiger partial charge in [0.15, 0.2) is 9.84 Å². The first-order valence-corrected chi connectivity index (χ1v) is 7.59. The van der Waals surface area contributed by atoms with Gasteiger partial charge in [-0.1, -0.05) is 17.7 Å². The Labute approximate surface area is 129 Å². The third-order valence-electron chi connectivity index (χ3n) is 1.96. The number of hydrogen-bond acceptors (Lipinski definition) is 6. The molecule has 0 heterocycles. The van der Waals surface area contributed by atoms with E-state index >= 15 is 0 Å². The maximum Gasteiger partial charge on any atom is 1.00 e. The quantitative estimate of drug-likeness (QED) is 0.332. The van der Waals surface area contributed by atoms with Crippen molar-refractivity contribution in [1.82, 2.24) is 0 Å². The van der Waals surface area contributed by atoms with Gasteiger partial charge in [0.2, 0.25) is 10.4 Å². The predicted octanol–water partition coefficient (Wildman–Crippen LogP) is -2.75. The van der Waals surface area contributed by atoms with E-state index in [0.717, 1.165) is 5.56 Å². The van der Waals surface area contributed by atoms with Gasteiger partial charge in [-0.3, -0.25) is 4.18 Å². The molecular weight excluding hydrogens is 291 g/mol. The van der Waals surface area contributed by atoms with Crippen LogP contribution in [0.5, 0.6) is 0 Å². The van der Waals surface area contributed by atoms with Crippen molar-refractivity contribution in [3.63, 3.8) is 0 Å². The van der Waals surface area contributed by atoms with Gasteiger partial charge in [-0.05, 0) is 19.1 Å². The van der Waals surface area contributed by atoms with Gasteiger partial charge in [-0.25, -0.2) is 16.8 Å². The van der Waals surface area contributed by atoms with Gasteiger partial charge in [0.1, 0.15) is 0 Å². The summed E-state index contributed by atoms with van der Waals surface area (Å²) in [7, 11) is -8.48. The maximum atomic E-state index is 11.7. The first-order chi connectivity index (χ1) is 7.71. The van der Waals surface area contributed by atoms with Gasteiger partial charge in [0.25, 0.3) is 0 Å². The molecule has 0 spiro atoms. The molecule has 0 bridgehead atoms. The van der Waals surface area contributed by atoms with E-state index in [1.165, 1.54) is 12.1 Å². The molecule has 96 valence electrons. The molecule has 0 aliphatic rings. The van der Waals surface area contributed by atoms with Gasteiger partial charge in [-0.2, -0.15) is 0 Å². The van der Waals surface area contributed by atoms with E-state index in [-0.39, 0.29) is 34.5 Å². The third kappa shape index (κ3) is 6.28. The standard InChI is InChI=1S/C9H12O6S2.Na/c1-8-2-4-9(5-3-8)16(10,11)7-6-15-17(12,13)14;/h2-5H,6-7H2,1H3,(H,12,13,14);/q;+1/p-1. The summed E-state index contributed by atoms with van der Waals surface area (Å²) >= 11 is 0. The van der Waals surface area contributed by atoms with Crippen molar-refractivity contribution in [3.05, 3.63) is 29.8 Å². The largest absolute Gasteiger partial charge is 1.00 e. The first-order valence-electron chi connectivity index (χ1n) is 4.60. The molecule has 0 fully saturated rings. The van der Waals surface area contributed by atoms with E-state index in [2.05, 4.69) is 4.18 Å². The van der Waals surface area contributed by atoms with Crippen LogP contribution in [0.1, 0.15) is 5.56 Å². The van der Waals surface area contributed by atoms with Gasteiger partial charge in [0, 0.05) is 0 Å². The molecule has 0 amide bonds. The fraction of sp³-hybridized carbons (Fsp3) is 0.333. The first kappa shape index (κ1) is 18.0. The second kappa shape index (κ2) is 6.99. The zero-order chi connectivity index (χ0) is 13.1. The number of aryl methyl sites for hydroxylation is 1. The molecule has 0 saturated heterocycles. The van der Waals surface area contributed by atoms with E-state index in [0.29, 0.717) is 0 Å². The second-order valence-electron chi connectivity index (χ2n) is 3.36. The molecule has 0 saturated carbocycles. The minimum atomic E-state index is -4.85. The van der Waals surface area contributed by atoms with E-state index in [1.54, 1.807) is 12.1 Å². The Morgan fingerprint density at radius 1 is 1.11 bits per heavy atom. The molecule has 0 aliphatic carbocycles. The van der Waals surface area contributed by atoms with Crippen LogP contribution in [0.25, 0.3) is 0 Å². The number of rotatable bonds is 5. The molecule has 0 radical (unpaired) electrons. The van der Waals surface area contributed by atoms with Crippen molar-refractivity contribution in [2.75, 3.05) is 12.4 Å². The van der Waals surface area contributed by atoms with Gasteiger partial charge in [-0.15, -0.1) is 0 Å². The predicted molar refractivity (Wildman–Crippen MR) is 58.9 cm³/mol. The summed E-state index contributed by atoms with van der Waals surface area (Å²) in [6.07, 6.45) is 0. The maximum absolute atomic E-state index is 11.7. The van der Waals surface area contributed by atoms with Crippen molar-refractivity contribution >= 4 is 20.2 Å². The normalized spacial score (nSPS) is 11.9. The zero-order valence-corrected chi connectivity index (χ0v) is 13.6. The van der Waals surface area contributed by atoms with Crippen LogP contribution in [0.4, 0.5) is 0 Å². The van der Waals surface area contributed by atoms with E-state index < -0.39 is 32.6 Å². The van der Waals surface area contributed by atoms with Crippen LogP contribution in [-0.4, -0.2) is 33.7 Å². The topological polar surface area (TPSA) is 101 Å². The number of hydrogen-bond donors (Lipinski definition) is 0. The Kier molecular flexibility index (Phi) is 7.01.